The van der Waals surface area contributed by atoms with Crippen LogP contribution in [0.5, 0.6) is 11.5 Å². The normalized spacial score (nSPS) is 17.2. The first-order chi connectivity index (χ1) is 28.2. The Hall–Kier alpha value is -6.16. The molecule has 0 bridgehead atoms. The van der Waals surface area contributed by atoms with Crippen molar-refractivity contribution in [3.8, 4) is 22.8 Å². The number of nitrogens with two attached hydrogens (primary N) is 1. The maximum Gasteiger partial charge on any atom is 0.265 e. The van der Waals surface area contributed by atoms with Crippen molar-refractivity contribution in [2.45, 2.75) is 74.8 Å². The van der Waals surface area contributed by atoms with Gasteiger partial charge in [-0.25, -0.2) is 19.0 Å². The molecule has 2 saturated heterocycles. The molecule has 5 amide bonds. The molecule has 1 atom stereocenters. The summed E-state index contributed by atoms with van der Waals surface area (Å²) in [6.07, 6.45) is 6.53. The van der Waals surface area contributed by atoms with E-state index in [0.717, 1.165) is 54.7 Å². The molecule has 3 aliphatic rings. The van der Waals surface area contributed by atoms with Gasteiger partial charge in [0.15, 0.2) is 5.65 Å². The number of anilines is 1. The quantitative estimate of drug-likeness (QED) is 0.0773. The van der Waals surface area contributed by atoms with Crippen molar-refractivity contribution in [3.63, 3.8) is 0 Å². The number of para-hydroxylation sites is 1. The van der Waals surface area contributed by atoms with Gasteiger partial charge in [-0.1, -0.05) is 31.0 Å². The van der Waals surface area contributed by atoms with E-state index in [2.05, 4.69) is 15.3 Å². The summed E-state index contributed by atoms with van der Waals surface area (Å²) in [6.45, 7) is 1.21. The zero-order chi connectivity index (χ0) is 40.3. The first kappa shape index (κ1) is 38.7. The van der Waals surface area contributed by atoms with E-state index in [1.54, 1.807) is 0 Å². The highest BCUT2D eigenvalue weighted by Crippen LogP contribution is 2.37. The van der Waals surface area contributed by atoms with Gasteiger partial charge in [0.1, 0.15) is 41.2 Å². The lowest BCUT2D eigenvalue weighted by Crippen LogP contribution is -2.54. The number of thioether (sulfide) groups is 1. The predicted molar refractivity (Wildman–Crippen MR) is 213 cm³/mol. The number of amides is 5. The van der Waals surface area contributed by atoms with E-state index in [9.17, 15) is 24.0 Å². The van der Waals surface area contributed by atoms with Crippen LogP contribution in [0.3, 0.4) is 0 Å². The minimum absolute atomic E-state index is 0.00451. The Morgan fingerprint density at radius 3 is 2.38 bits per heavy atom. The number of piperidine rings is 2. The van der Waals surface area contributed by atoms with E-state index in [1.807, 2.05) is 64.2 Å². The lowest BCUT2D eigenvalue weighted by atomic mass is 10.0. The van der Waals surface area contributed by atoms with Crippen molar-refractivity contribution in [1.82, 2.24) is 34.9 Å². The molecule has 5 heterocycles. The SMILES string of the molecule is Nc1ncnc2c1c(-c1ccc(Oc3ccccc3)cc1)nn2C1CCN(C(=O)CCCCCCSc2ccc3c(c2F)C(=O)N(C2CCC(=O)NC2=O)C3=O)CC1. The summed E-state index contributed by atoms with van der Waals surface area (Å²) in [7, 11) is 0. The molecule has 58 heavy (non-hydrogen) atoms. The molecule has 8 rings (SSSR count). The standard InChI is InChI=1S/C42H41FN8O6S/c43-36-31(17-15-29-34(36)42(56)50(41(29)55)30-16-18-32(52)47-40(30)54)58-23-7-2-1-6-10-33(53)49-21-19-26(20-22-49)51-39-35(38(44)45-24-46-39)37(48-51)25-11-13-28(14-12-25)57-27-8-4-3-5-9-27/h3-5,8-9,11-15,17,24,26,30H,1-2,6-7,10,16,18-23H2,(H2,44,45,46)(H,47,52,54). The zero-order valence-electron chi connectivity index (χ0n) is 31.6. The van der Waals surface area contributed by atoms with Gasteiger partial charge in [-0.05, 0) is 86.4 Å². The van der Waals surface area contributed by atoms with E-state index < -0.39 is 35.5 Å². The second-order valence-corrected chi connectivity index (χ2v) is 15.7. The largest absolute Gasteiger partial charge is 0.457 e. The molecule has 0 spiro atoms. The highest BCUT2D eigenvalue weighted by Gasteiger charge is 2.46. The summed E-state index contributed by atoms with van der Waals surface area (Å²) in [6, 6.07) is 19.0. The third-order valence-electron chi connectivity index (χ3n) is 10.8. The summed E-state index contributed by atoms with van der Waals surface area (Å²) >= 11 is 1.26. The molecular weight excluding hydrogens is 764 g/mol. The third-order valence-corrected chi connectivity index (χ3v) is 12.0. The first-order valence-electron chi connectivity index (χ1n) is 19.4. The Morgan fingerprint density at radius 1 is 0.879 bits per heavy atom. The Kier molecular flexibility index (Phi) is 11.2. The van der Waals surface area contributed by atoms with Crippen LogP contribution < -0.4 is 15.8 Å². The summed E-state index contributed by atoms with van der Waals surface area (Å²) in [5.41, 5.74) is 8.17. The van der Waals surface area contributed by atoms with Gasteiger partial charge in [0.2, 0.25) is 17.7 Å². The van der Waals surface area contributed by atoms with Gasteiger partial charge in [0.25, 0.3) is 11.8 Å². The maximum absolute atomic E-state index is 15.5. The lowest BCUT2D eigenvalue weighted by molar-refractivity contribution is -0.136. The number of aromatic nitrogens is 4. The number of rotatable bonds is 13. The van der Waals surface area contributed by atoms with E-state index in [4.69, 9.17) is 15.6 Å². The number of hydrogen-bond donors (Lipinski definition) is 2. The number of nitrogens with zero attached hydrogens (tertiary/aromatic N) is 6. The van der Waals surface area contributed by atoms with Crippen LogP contribution in [0.2, 0.25) is 0 Å². The van der Waals surface area contributed by atoms with Crippen molar-refractivity contribution >= 4 is 58.1 Å². The third kappa shape index (κ3) is 7.75. The van der Waals surface area contributed by atoms with Crippen LogP contribution >= 0.6 is 11.8 Å². The minimum atomic E-state index is -1.15. The monoisotopic (exact) mass is 804 g/mol. The van der Waals surface area contributed by atoms with Crippen LogP contribution in [0, 0.1) is 5.82 Å². The van der Waals surface area contributed by atoms with E-state index in [1.165, 1.54) is 30.2 Å². The number of benzene rings is 3. The fourth-order valence-corrected chi connectivity index (χ4v) is 8.76. The molecule has 0 radical (unpaired) electrons. The predicted octanol–water partition coefficient (Wildman–Crippen LogP) is 6.31. The van der Waals surface area contributed by atoms with Crippen molar-refractivity contribution in [2.75, 3.05) is 24.6 Å². The van der Waals surface area contributed by atoms with Gasteiger partial charge in [-0.3, -0.25) is 34.2 Å². The molecule has 3 aliphatic heterocycles. The Morgan fingerprint density at radius 2 is 1.62 bits per heavy atom. The number of hydrogen-bond acceptors (Lipinski definition) is 11. The first-order valence-corrected chi connectivity index (χ1v) is 20.4. The Balaban J connectivity index is 0.791. The van der Waals surface area contributed by atoms with Crippen LogP contribution in [0.1, 0.15) is 84.5 Å². The number of ether oxygens (including phenoxy) is 1. The van der Waals surface area contributed by atoms with Crippen LogP contribution in [-0.2, 0) is 14.4 Å². The van der Waals surface area contributed by atoms with E-state index >= 15 is 4.39 Å². The molecule has 0 aliphatic carbocycles. The minimum Gasteiger partial charge on any atom is -0.457 e. The molecule has 3 aromatic carbocycles. The molecule has 16 heteroatoms. The second kappa shape index (κ2) is 16.7. The number of carbonyl (C=O) groups is 5. The number of carbonyl (C=O) groups excluding carboxylic acids is 5. The number of halogens is 1. The molecule has 14 nitrogen and oxygen atoms in total. The molecular formula is C42H41FN8O6S. The summed E-state index contributed by atoms with van der Waals surface area (Å²) in [4.78, 5) is 74.8. The second-order valence-electron chi connectivity index (χ2n) is 14.6. The number of imide groups is 2. The molecule has 2 fully saturated rings. The number of nitrogens with one attached hydrogen (secondary N) is 1. The fourth-order valence-electron chi connectivity index (χ4n) is 7.80. The number of fused-ring (bicyclic) bond motifs is 2. The average molecular weight is 805 g/mol. The highest BCUT2D eigenvalue weighted by molar-refractivity contribution is 7.99. The van der Waals surface area contributed by atoms with Gasteiger partial charge >= 0.3 is 0 Å². The average Bonchev–Trinajstić information content (AvgIpc) is 3.74. The van der Waals surface area contributed by atoms with Crippen LogP contribution in [0.15, 0.2) is 78.0 Å². The van der Waals surface area contributed by atoms with Gasteiger partial charge in [-0.15, -0.1) is 11.8 Å². The summed E-state index contributed by atoms with van der Waals surface area (Å²) in [5, 5.41) is 7.83. The summed E-state index contributed by atoms with van der Waals surface area (Å²) < 4.78 is 23.4. The molecule has 1 unspecified atom stereocenters. The van der Waals surface area contributed by atoms with E-state index in [0.29, 0.717) is 53.6 Å². The smallest absolute Gasteiger partial charge is 0.265 e. The van der Waals surface area contributed by atoms with Gasteiger partial charge in [0, 0.05) is 36.4 Å². The van der Waals surface area contributed by atoms with E-state index in [-0.39, 0.29) is 40.8 Å². The number of nitrogen functional groups attached to an aromatic ring is 1. The highest BCUT2D eigenvalue weighted by atomic mass is 32.2. The molecule has 298 valence electrons. The van der Waals surface area contributed by atoms with Gasteiger partial charge in [-0.2, -0.15) is 5.10 Å². The van der Waals surface area contributed by atoms with Crippen molar-refractivity contribution in [2.24, 2.45) is 0 Å². The van der Waals surface area contributed by atoms with Crippen molar-refractivity contribution < 1.29 is 33.1 Å². The Labute approximate surface area is 337 Å². The van der Waals surface area contributed by atoms with Gasteiger partial charge < -0.3 is 15.4 Å². The number of unbranched alkanes of at least 4 members (excludes halogenated alkanes) is 3. The van der Waals surface area contributed by atoms with Gasteiger partial charge in [0.05, 0.1) is 22.6 Å². The zero-order valence-corrected chi connectivity index (χ0v) is 32.4. The molecule has 2 aromatic heterocycles. The maximum atomic E-state index is 15.5. The van der Waals surface area contributed by atoms with Crippen molar-refractivity contribution in [3.05, 3.63) is 90.0 Å². The number of likely N-dealkylation sites (tertiary alicyclic amines) is 1. The fraction of sp³-hybridized carbons (Fsp3) is 0.333. The molecule has 3 N–H and O–H groups in total. The molecule has 0 saturated carbocycles. The van der Waals surface area contributed by atoms with Crippen LogP contribution in [0.4, 0.5) is 10.2 Å². The topological polar surface area (TPSA) is 183 Å². The van der Waals surface area contributed by atoms with Crippen LogP contribution in [0.25, 0.3) is 22.3 Å². The van der Waals surface area contributed by atoms with Crippen LogP contribution in [-0.4, -0.2) is 84.0 Å². The lowest BCUT2D eigenvalue weighted by Gasteiger charge is -2.32. The Bertz CT molecular complexity index is 2400. The summed E-state index contributed by atoms with van der Waals surface area (Å²) in [5.74, 6) is -1.08. The molecule has 5 aromatic rings. The van der Waals surface area contributed by atoms with Crippen molar-refractivity contribution in [1.29, 1.82) is 0 Å².